The van der Waals surface area contributed by atoms with Gasteiger partial charge in [-0.25, -0.2) is 13.6 Å². The first-order chi connectivity index (χ1) is 8.40. The van der Waals surface area contributed by atoms with Crippen LogP contribution in [0.15, 0.2) is 23.1 Å². The first-order valence-corrected chi connectivity index (χ1v) is 6.98. The van der Waals surface area contributed by atoms with Crippen LogP contribution in [0, 0.1) is 6.92 Å². The molecule has 0 atom stereocenters. The maximum atomic E-state index is 11.8. The van der Waals surface area contributed by atoms with Crippen LogP contribution >= 0.6 is 0 Å². The van der Waals surface area contributed by atoms with Crippen molar-refractivity contribution in [3.05, 3.63) is 30.7 Å². The lowest BCUT2D eigenvalue weighted by Gasteiger charge is -2.08. The van der Waals surface area contributed by atoms with E-state index in [-0.39, 0.29) is 16.4 Å². The van der Waals surface area contributed by atoms with E-state index in [1.165, 1.54) is 25.3 Å². The molecule has 0 heterocycles. The number of hydrogen-bond donors (Lipinski definition) is 1. The Morgan fingerprint density at radius 2 is 2.11 bits per heavy atom. The number of rotatable bonds is 6. The van der Waals surface area contributed by atoms with Crippen molar-refractivity contribution in [3.63, 3.8) is 0 Å². The van der Waals surface area contributed by atoms with Crippen LogP contribution in [0.25, 0.3) is 0 Å². The van der Waals surface area contributed by atoms with Gasteiger partial charge in [0.2, 0.25) is 10.0 Å². The van der Waals surface area contributed by atoms with Crippen molar-refractivity contribution in [2.24, 2.45) is 5.14 Å². The molecule has 0 aromatic heterocycles. The van der Waals surface area contributed by atoms with Gasteiger partial charge < -0.3 is 4.74 Å². The lowest BCUT2D eigenvalue weighted by molar-refractivity contribution is 0.0980. The highest BCUT2D eigenvalue weighted by atomic mass is 32.2. The highest BCUT2D eigenvalue weighted by Crippen LogP contribution is 2.24. The van der Waals surface area contributed by atoms with Gasteiger partial charge in [0.15, 0.2) is 5.78 Å². The smallest absolute Gasteiger partial charge is 0.241 e. The van der Waals surface area contributed by atoms with Gasteiger partial charge in [-0.05, 0) is 24.6 Å². The van der Waals surface area contributed by atoms with E-state index in [1.807, 2.05) is 0 Å². The molecule has 1 aromatic rings. The van der Waals surface area contributed by atoms with E-state index in [0.717, 1.165) is 0 Å². The van der Waals surface area contributed by atoms with E-state index in [2.05, 4.69) is 6.92 Å². The molecule has 0 fully saturated rings. The molecule has 1 aromatic carbocycles. The summed E-state index contributed by atoms with van der Waals surface area (Å²) in [6.45, 7) is 3.65. The van der Waals surface area contributed by atoms with Gasteiger partial charge in [0.05, 0.1) is 7.11 Å². The van der Waals surface area contributed by atoms with Crippen LogP contribution in [0.1, 0.15) is 29.6 Å². The van der Waals surface area contributed by atoms with Gasteiger partial charge in [-0.2, -0.15) is 0 Å². The Balaban J connectivity index is 3.15. The van der Waals surface area contributed by atoms with Crippen LogP contribution in [-0.2, 0) is 10.0 Å². The number of primary sulfonamides is 1. The number of hydrogen-bond acceptors (Lipinski definition) is 4. The topological polar surface area (TPSA) is 86.5 Å². The third-order valence-corrected chi connectivity index (χ3v) is 3.38. The van der Waals surface area contributed by atoms with Gasteiger partial charge in [0.1, 0.15) is 10.6 Å². The molecule has 5 nitrogen and oxygen atoms in total. The van der Waals surface area contributed by atoms with Crippen LogP contribution < -0.4 is 9.88 Å². The Morgan fingerprint density at radius 3 is 2.61 bits per heavy atom. The fourth-order valence-electron chi connectivity index (χ4n) is 1.50. The molecule has 0 aliphatic heterocycles. The first-order valence-electron chi connectivity index (χ1n) is 5.43. The maximum absolute atomic E-state index is 11.8. The Hall–Kier alpha value is -1.40. The van der Waals surface area contributed by atoms with Gasteiger partial charge in [-0.1, -0.05) is 13.3 Å². The molecule has 0 spiro atoms. The molecule has 6 heteroatoms. The SMILES string of the molecule is [CH2]CCCC(=O)c1ccc(OC)c(S(N)(=O)=O)c1. The molecule has 0 saturated carbocycles. The summed E-state index contributed by atoms with van der Waals surface area (Å²) in [6.07, 6.45) is 1.65. The lowest BCUT2D eigenvalue weighted by atomic mass is 10.1. The molecular formula is C12H16NO4S. The molecule has 0 unspecified atom stereocenters. The van der Waals surface area contributed by atoms with Crippen molar-refractivity contribution < 1.29 is 17.9 Å². The van der Waals surface area contributed by atoms with Crippen molar-refractivity contribution in [2.45, 2.75) is 24.2 Å². The number of benzene rings is 1. The van der Waals surface area contributed by atoms with Crippen LogP contribution in [0.2, 0.25) is 0 Å². The van der Waals surface area contributed by atoms with E-state index in [4.69, 9.17) is 9.88 Å². The van der Waals surface area contributed by atoms with Gasteiger partial charge in [0, 0.05) is 12.0 Å². The molecule has 0 aliphatic carbocycles. The summed E-state index contributed by atoms with van der Waals surface area (Å²) in [4.78, 5) is 11.6. The van der Waals surface area contributed by atoms with E-state index < -0.39 is 10.0 Å². The normalized spacial score (nSPS) is 11.3. The monoisotopic (exact) mass is 270 g/mol. The fourth-order valence-corrected chi connectivity index (χ4v) is 2.23. The molecule has 2 N–H and O–H groups in total. The average molecular weight is 270 g/mol. The largest absolute Gasteiger partial charge is 0.495 e. The fraction of sp³-hybridized carbons (Fsp3) is 0.333. The zero-order valence-corrected chi connectivity index (χ0v) is 11.0. The van der Waals surface area contributed by atoms with Crippen molar-refractivity contribution in [3.8, 4) is 5.75 Å². The van der Waals surface area contributed by atoms with Crippen LogP contribution in [0.3, 0.4) is 0 Å². The summed E-state index contributed by atoms with van der Waals surface area (Å²) in [5.74, 6) is -0.00240. The number of methoxy groups -OCH3 is 1. The van der Waals surface area contributed by atoms with E-state index in [1.54, 1.807) is 0 Å². The number of nitrogens with two attached hydrogens (primary N) is 1. The van der Waals surface area contributed by atoms with Crippen molar-refractivity contribution in [1.29, 1.82) is 0 Å². The standard InChI is InChI=1S/C12H16NO4S/c1-3-4-5-10(14)9-6-7-11(17-2)12(8-9)18(13,15)16/h6-8H,1,3-5H2,2H3,(H2,13,15,16). The summed E-state index contributed by atoms with van der Waals surface area (Å²) in [5.41, 5.74) is 0.313. The third kappa shape index (κ3) is 3.54. The quantitative estimate of drug-likeness (QED) is 0.794. The van der Waals surface area contributed by atoms with Crippen molar-refractivity contribution >= 4 is 15.8 Å². The molecule has 99 valence electrons. The highest BCUT2D eigenvalue weighted by Gasteiger charge is 2.17. The Bertz CT molecular complexity index is 537. The number of carbonyl (C=O) groups excluding carboxylic acids is 1. The molecule has 0 amide bonds. The minimum absolute atomic E-state index is 0.131. The van der Waals surface area contributed by atoms with Crippen LogP contribution in [-0.4, -0.2) is 21.3 Å². The number of ketones is 1. The third-order valence-electron chi connectivity index (χ3n) is 2.45. The molecule has 0 saturated heterocycles. The second-order valence-corrected chi connectivity index (χ2v) is 5.32. The van der Waals surface area contributed by atoms with Gasteiger partial charge in [-0.3, -0.25) is 4.79 Å². The molecular weight excluding hydrogens is 254 g/mol. The molecule has 0 aliphatic rings. The molecule has 1 radical (unpaired) electrons. The Morgan fingerprint density at radius 1 is 1.44 bits per heavy atom. The van der Waals surface area contributed by atoms with Crippen LogP contribution in [0.4, 0.5) is 0 Å². The number of ether oxygens (including phenoxy) is 1. The average Bonchev–Trinajstić information content (AvgIpc) is 2.34. The summed E-state index contributed by atoms with van der Waals surface area (Å²) in [6, 6.07) is 4.20. The Kier molecular flexibility index (Phi) is 4.86. The van der Waals surface area contributed by atoms with E-state index >= 15 is 0 Å². The summed E-state index contributed by atoms with van der Waals surface area (Å²) in [5, 5.41) is 5.07. The zero-order chi connectivity index (χ0) is 13.8. The summed E-state index contributed by atoms with van der Waals surface area (Å²) in [7, 11) is -2.57. The molecule has 1 rings (SSSR count). The Labute approximate surface area is 107 Å². The number of carbonyl (C=O) groups is 1. The second kappa shape index (κ2) is 5.97. The molecule has 18 heavy (non-hydrogen) atoms. The van der Waals surface area contributed by atoms with Crippen LogP contribution in [0.5, 0.6) is 5.75 Å². The maximum Gasteiger partial charge on any atom is 0.241 e. The minimum Gasteiger partial charge on any atom is -0.495 e. The second-order valence-electron chi connectivity index (χ2n) is 3.79. The van der Waals surface area contributed by atoms with E-state index in [0.29, 0.717) is 24.8 Å². The summed E-state index contributed by atoms with van der Waals surface area (Å²) >= 11 is 0. The number of unbranched alkanes of at least 4 members (excludes halogenated alkanes) is 1. The van der Waals surface area contributed by atoms with Gasteiger partial charge in [0.25, 0.3) is 0 Å². The predicted octanol–water partition coefficient (Wildman–Crippen LogP) is 1.53. The minimum atomic E-state index is -3.91. The molecule has 0 bridgehead atoms. The lowest BCUT2D eigenvalue weighted by Crippen LogP contribution is -2.14. The van der Waals surface area contributed by atoms with Gasteiger partial charge >= 0.3 is 0 Å². The highest BCUT2D eigenvalue weighted by molar-refractivity contribution is 7.89. The first kappa shape index (κ1) is 14.7. The zero-order valence-electron chi connectivity index (χ0n) is 10.2. The summed E-state index contributed by atoms with van der Waals surface area (Å²) < 4.78 is 27.7. The number of Topliss-reactive ketones (excluding diaryl/α,β-unsaturated/α-hetero) is 1. The van der Waals surface area contributed by atoms with E-state index in [9.17, 15) is 13.2 Å². The van der Waals surface area contributed by atoms with Crippen molar-refractivity contribution in [2.75, 3.05) is 7.11 Å². The van der Waals surface area contributed by atoms with Gasteiger partial charge in [-0.15, -0.1) is 0 Å². The predicted molar refractivity (Wildman–Crippen MR) is 67.9 cm³/mol. The van der Waals surface area contributed by atoms with Crippen molar-refractivity contribution in [1.82, 2.24) is 0 Å². The number of sulfonamides is 1.